The molecule has 0 saturated heterocycles. The van der Waals surface area contributed by atoms with Crippen LogP contribution in [0.5, 0.6) is 0 Å². The molecule has 0 atom stereocenters. The van der Waals surface area contributed by atoms with Crippen molar-refractivity contribution in [2.24, 2.45) is 0 Å². The van der Waals surface area contributed by atoms with E-state index in [1.54, 1.807) is 36.4 Å². The zero-order valence-electron chi connectivity index (χ0n) is 16.7. The monoisotopic (exact) mass is 468 g/mol. The number of fused-ring (bicyclic) bond motifs is 2. The Morgan fingerprint density at radius 3 is 2.12 bits per heavy atom. The average Bonchev–Trinajstić information content (AvgIpc) is 2.80. The van der Waals surface area contributed by atoms with Crippen LogP contribution in [0.3, 0.4) is 0 Å². The zero-order chi connectivity index (χ0) is 22.9. The average molecular weight is 469 g/mol. The topological polar surface area (TPSA) is 94.6 Å². The lowest BCUT2D eigenvalue weighted by atomic mass is 9.83. The number of sulfone groups is 1. The minimum absolute atomic E-state index is 0.0310. The van der Waals surface area contributed by atoms with Crippen molar-refractivity contribution in [1.82, 2.24) is 0 Å². The number of esters is 1. The van der Waals surface area contributed by atoms with Crippen LogP contribution >= 0.6 is 11.6 Å². The van der Waals surface area contributed by atoms with Gasteiger partial charge in [0.2, 0.25) is 0 Å². The molecule has 0 aromatic heterocycles. The Kier molecular flexibility index (Phi) is 5.95. The molecule has 0 N–H and O–H groups in total. The number of ether oxygens (including phenoxy) is 1. The summed E-state index contributed by atoms with van der Waals surface area (Å²) < 4.78 is 29.8. The van der Waals surface area contributed by atoms with Crippen molar-refractivity contribution in [3.63, 3.8) is 0 Å². The minimum atomic E-state index is -3.48. The Balaban J connectivity index is 1.48. The maximum absolute atomic E-state index is 12.9. The first-order valence-electron chi connectivity index (χ1n) is 9.77. The van der Waals surface area contributed by atoms with Gasteiger partial charge in [-0.2, -0.15) is 0 Å². The summed E-state index contributed by atoms with van der Waals surface area (Å²) in [6.45, 7) is -0.145. The molecule has 0 amide bonds. The molecule has 1 aliphatic carbocycles. The molecule has 0 bridgehead atoms. The van der Waals surface area contributed by atoms with E-state index in [2.05, 4.69) is 0 Å². The first-order valence-corrected chi connectivity index (χ1v) is 11.8. The van der Waals surface area contributed by atoms with Gasteiger partial charge in [0.1, 0.15) is 0 Å². The third-order valence-electron chi connectivity index (χ3n) is 5.14. The number of carbonyl (C=O) groups excluding carboxylic acids is 3. The second-order valence-corrected chi connectivity index (χ2v) is 9.66. The van der Waals surface area contributed by atoms with Gasteiger partial charge in [0.05, 0.1) is 33.4 Å². The van der Waals surface area contributed by atoms with Gasteiger partial charge >= 0.3 is 5.97 Å². The number of benzene rings is 3. The molecule has 8 heteroatoms. The largest absolute Gasteiger partial charge is 0.462 e. The van der Waals surface area contributed by atoms with E-state index in [9.17, 15) is 22.8 Å². The summed E-state index contributed by atoms with van der Waals surface area (Å²) in [5.41, 5.74) is 0.553. The van der Waals surface area contributed by atoms with Gasteiger partial charge < -0.3 is 4.74 Å². The number of halogens is 1. The first-order chi connectivity index (χ1) is 15.3. The number of rotatable bonds is 6. The summed E-state index contributed by atoms with van der Waals surface area (Å²) >= 11 is 6.34. The quantitative estimate of drug-likeness (QED) is 0.312. The number of ketones is 2. The van der Waals surface area contributed by atoms with Gasteiger partial charge in [-0.1, -0.05) is 54.1 Å². The fourth-order valence-electron chi connectivity index (χ4n) is 3.54. The summed E-state index contributed by atoms with van der Waals surface area (Å²) in [6, 6.07) is 17.1. The van der Waals surface area contributed by atoms with Crippen molar-refractivity contribution in [2.75, 3.05) is 12.4 Å². The Hall–Kier alpha value is -3.29. The number of hydrogen-bond acceptors (Lipinski definition) is 6. The summed E-state index contributed by atoms with van der Waals surface area (Å²) in [5, 5.41) is -0.155. The lowest BCUT2D eigenvalue weighted by Gasteiger charge is -2.19. The molecule has 0 saturated carbocycles. The van der Waals surface area contributed by atoms with Crippen LogP contribution in [0, 0.1) is 0 Å². The van der Waals surface area contributed by atoms with Crippen LogP contribution in [0.25, 0.3) is 0 Å². The smallest absolute Gasteiger partial charge is 0.339 e. The highest BCUT2D eigenvalue weighted by Gasteiger charge is 2.33. The van der Waals surface area contributed by atoms with Crippen molar-refractivity contribution in [3.8, 4) is 0 Å². The minimum Gasteiger partial charge on any atom is -0.462 e. The molecule has 3 aromatic rings. The molecule has 162 valence electrons. The summed E-state index contributed by atoms with van der Waals surface area (Å²) in [4.78, 5) is 38.4. The van der Waals surface area contributed by atoms with E-state index in [1.165, 1.54) is 30.3 Å². The lowest BCUT2D eigenvalue weighted by Crippen LogP contribution is -2.22. The van der Waals surface area contributed by atoms with Gasteiger partial charge in [-0.05, 0) is 30.7 Å². The third kappa shape index (κ3) is 3.97. The van der Waals surface area contributed by atoms with Gasteiger partial charge in [-0.25, -0.2) is 13.2 Å². The molecule has 0 heterocycles. The fourth-order valence-corrected chi connectivity index (χ4v) is 5.17. The summed E-state index contributed by atoms with van der Waals surface area (Å²) in [6.07, 6.45) is 0.0936. The number of carbonyl (C=O) groups is 3. The molecule has 32 heavy (non-hydrogen) atoms. The third-order valence-corrected chi connectivity index (χ3v) is 7.35. The van der Waals surface area contributed by atoms with Gasteiger partial charge in [-0.15, -0.1) is 0 Å². The molecule has 0 unspecified atom stereocenters. The lowest BCUT2D eigenvalue weighted by molar-refractivity contribution is 0.0505. The van der Waals surface area contributed by atoms with Crippen molar-refractivity contribution < 1.29 is 27.5 Å². The van der Waals surface area contributed by atoms with Gasteiger partial charge in [0.15, 0.2) is 21.4 Å². The Morgan fingerprint density at radius 1 is 0.812 bits per heavy atom. The second-order valence-electron chi connectivity index (χ2n) is 7.17. The van der Waals surface area contributed by atoms with E-state index in [0.717, 1.165) is 0 Å². The Bertz CT molecular complexity index is 1350. The van der Waals surface area contributed by atoms with Crippen LogP contribution in [-0.2, 0) is 14.6 Å². The van der Waals surface area contributed by atoms with E-state index in [0.29, 0.717) is 0 Å². The van der Waals surface area contributed by atoms with Crippen molar-refractivity contribution in [1.29, 1.82) is 0 Å². The van der Waals surface area contributed by atoms with E-state index < -0.39 is 21.6 Å². The van der Waals surface area contributed by atoms with Crippen molar-refractivity contribution >= 4 is 39.0 Å². The van der Waals surface area contributed by atoms with Crippen LogP contribution in [0.15, 0.2) is 71.6 Å². The molecule has 0 fully saturated rings. The summed E-state index contributed by atoms with van der Waals surface area (Å²) in [7, 11) is -3.48. The Morgan fingerprint density at radius 2 is 1.44 bits per heavy atom. The molecule has 4 rings (SSSR count). The molecule has 3 aromatic carbocycles. The Labute approximate surface area is 189 Å². The molecule has 0 aliphatic heterocycles. The van der Waals surface area contributed by atoms with E-state index in [1.807, 2.05) is 0 Å². The molecule has 1 aliphatic rings. The molecule has 0 spiro atoms. The van der Waals surface area contributed by atoms with E-state index in [4.69, 9.17) is 16.3 Å². The number of hydrogen-bond donors (Lipinski definition) is 0. The van der Waals surface area contributed by atoms with E-state index in [-0.39, 0.29) is 62.3 Å². The summed E-state index contributed by atoms with van der Waals surface area (Å²) in [5.74, 6) is -1.77. The SMILES string of the molecule is O=C(OCCCS(=O)(=O)c1ccccc1)c1ccc2c(c1Cl)C(=O)c1ccccc1C2=O. The first kappa shape index (κ1) is 21.9. The normalized spacial score (nSPS) is 12.8. The molecular formula is C24H17ClO6S. The maximum atomic E-state index is 12.9. The van der Waals surface area contributed by atoms with Gasteiger partial charge in [-0.3, -0.25) is 9.59 Å². The highest BCUT2D eigenvalue weighted by molar-refractivity contribution is 7.91. The predicted molar refractivity (Wildman–Crippen MR) is 118 cm³/mol. The zero-order valence-corrected chi connectivity index (χ0v) is 18.3. The van der Waals surface area contributed by atoms with Crippen LogP contribution in [0.4, 0.5) is 0 Å². The van der Waals surface area contributed by atoms with E-state index >= 15 is 0 Å². The van der Waals surface area contributed by atoms with Crippen LogP contribution < -0.4 is 0 Å². The molecular weight excluding hydrogens is 452 g/mol. The van der Waals surface area contributed by atoms with Crippen LogP contribution in [-0.4, -0.2) is 38.3 Å². The van der Waals surface area contributed by atoms with Crippen LogP contribution in [0.2, 0.25) is 5.02 Å². The van der Waals surface area contributed by atoms with Crippen molar-refractivity contribution in [2.45, 2.75) is 11.3 Å². The fraction of sp³-hybridized carbons (Fsp3) is 0.125. The molecule has 6 nitrogen and oxygen atoms in total. The predicted octanol–water partition coefficient (Wildman–Crippen LogP) is 4.14. The second kappa shape index (κ2) is 8.68. The van der Waals surface area contributed by atoms with Crippen molar-refractivity contribution in [3.05, 3.63) is 99.6 Å². The maximum Gasteiger partial charge on any atom is 0.339 e. The highest BCUT2D eigenvalue weighted by Crippen LogP contribution is 2.34. The highest BCUT2D eigenvalue weighted by atomic mass is 35.5. The standard InChI is InChI=1S/C24H17ClO6S/c25-21-19(24(28)31-13-6-14-32(29,30)15-7-2-1-3-8-15)12-11-18-20(21)23(27)17-10-5-4-9-16(17)22(18)26/h1-5,7-12H,6,13-14H2. The van der Waals surface area contributed by atoms with Crippen LogP contribution in [0.1, 0.15) is 48.6 Å². The molecule has 0 radical (unpaired) electrons. The van der Waals surface area contributed by atoms with Gasteiger partial charge in [0.25, 0.3) is 0 Å². The van der Waals surface area contributed by atoms with Gasteiger partial charge in [0, 0.05) is 16.7 Å².